The summed E-state index contributed by atoms with van der Waals surface area (Å²) in [5.74, 6) is 2.08. The fourth-order valence-corrected chi connectivity index (χ4v) is 3.53. The molecule has 9 heteroatoms. The lowest BCUT2D eigenvalue weighted by Crippen LogP contribution is -2.42. The molecule has 0 radical (unpaired) electrons. The molecule has 3 aromatic rings. The molecule has 31 heavy (non-hydrogen) atoms. The van der Waals surface area contributed by atoms with Gasteiger partial charge in [0.25, 0.3) is 5.56 Å². The van der Waals surface area contributed by atoms with E-state index in [2.05, 4.69) is 20.2 Å². The Bertz CT molecular complexity index is 1150. The molecule has 2 N–H and O–H groups in total. The number of hydrogen-bond donors (Lipinski definition) is 2. The lowest BCUT2D eigenvalue weighted by molar-refractivity contribution is 0.174. The maximum Gasteiger partial charge on any atom is 0.258 e. The number of thiocarbonyl (C=S) groups is 1. The number of benzene rings is 2. The Morgan fingerprint density at radius 1 is 1.16 bits per heavy atom. The van der Waals surface area contributed by atoms with Crippen molar-refractivity contribution in [2.75, 3.05) is 34.0 Å². The molecule has 0 amide bonds. The highest BCUT2D eigenvalue weighted by Crippen LogP contribution is 2.32. The molecular formula is C22H25N5O3S. The largest absolute Gasteiger partial charge is 0.454 e. The highest BCUT2D eigenvalue weighted by Gasteiger charge is 2.16. The number of aromatic nitrogens is 2. The van der Waals surface area contributed by atoms with Gasteiger partial charge in [-0.3, -0.25) is 4.79 Å². The van der Waals surface area contributed by atoms with Gasteiger partial charge in [-0.1, -0.05) is 18.2 Å². The second-order valence-electron chi connectivity index (χ2n) is 7.60. The maximum atomic E-state index is 12.4. The summed E-state index contributed by atoms with van der Waals surface area (Å²) >= 11 is 5.67. The van der Waals surface area contributed by atoms with Crippen molar-refractivity contribution in [3.05, 3.63) is 64.2 Å². The van der Waals surface area contributed by atoms with Crippen LogP contribution in [0, 0.1) is 0 Å². The van der Waals surface area contributed by atoms with Gasteiger partial charge in [-0.05, 0) is 56.1 Å². The van der Waals surface area contributed by atoms with Crippen LogP contribution in [0.1, 0.15) is 11.4 Å². The van der Waals surface area contributed by atoms with Crippen molar-refractivity contribution in [2.45, 2.75) is 13.1 Å². The maximum absolute atomic E-state index is 12.4. The lowest BCUT2D eigenvalue weighted by Gasteiger charge is -2.27. The normalized spacial score (nSPS) is 12.4. The van der Waals surface area contributed by atoms with Crippen LogP contribution in [0.2, 0.25) is 0 Å². The van der Waals surface area contributed by atoms with Crippen molar-refractivity contribution in [1.29, 1.82) is 0 Å². The molecule has 1 aliphatic rings. The fraction of sp³-hybridized carbons (Fsp3) is 0.318. The number of rotatable bonds is 7. The summed E-state index contributed by atoms with van der Waals surface area (Å²) in [5, 5.41) is 4.48. The Morgan fingerprint density at radius 2 is 1.97 bits per heavy atom. The lowest BCUT2D eigenvalue weighted by atomic mass is 10.2. The molecule has 0 aliphatic carbocycles. The summed E-state index contributed by atoms with van der Waals surface area (Å²) in [6.07, 6.45) is 0. The zero-order valence-corrected chi connectivity index (χ0v) is 18.4. The average molecular weight is 440 g/mol. The first-order valence-corrected chi connectivity index (χ1v) is 10.4. The van der Waals surface area contributed by atoms with E-state index < -0.39 is 0 Å². The summed E-state index contributed by atoms with van der Waals surface area (Å²) in [6.45, 7) is 2.70. The molecule has 4 rings (SSSR count). The predicted octanol–water partition coefficient (Wildman–Crippen LogP) is 2.09. The molecule has 2 heterocycles. The molecule has 8 nitrogen and oxygen atoms in total. The third-order valence-corrected chi connectivity index (χ3v) is 5.39. The van der Waals surface area contributed by atoms with Crippen molar-refractivity contribution >= 4 is 28.2 Å². The first-order valence-electron chi connectivity index (χ1n) is 10.0. The van der Waals surface area contributed by atoms with Crippen LogP contribution in [0.5, 0.6) is 11.5 Å². The summed E-state index contributed by atoms with van der Waals surface area (Å²) < 4.78 is 10.8. The molecule has 0 fully saturated rings. The SMILES string of the molecule is CN(C)CCN(Cc1nc2ccccc2c(=O)[nH]1)C(=S)NCc1ccc2c(c1)OCO2. The number of hydrogen-bond acceptors (Lipinski definition) is 6. The summed E-state index contributed by atoms with van der Waals surface area (Å²) in [4.78, 5) is 24.0. The van der Waals surface area contributed by atoms with Crippen LogP contribution in [-0.2, 0) is 13.1 Å². The Balaban J connectivity index is 1.47. The molecule has 0 spiro atoms. The number of nitrogens with zero attached hydrogens (tertiary/aromatic N) is 3. The van der Waals surface area contributed by atoms with Crippen LogP contribution in [0.3, 0.4) is 0 Å². The van der Waals surface area contributed by atoms with E-state index in [-0.39, 0.29) is 12.4 Å². The zero-order chi connectivity index (χ0) is 21.8. The standard InChI is InChI=1S/C22H25N5O3S/c1-26(2)9-10-27(13-20-24-17-6-4-3-5-16(17)21(28)25-20)22(31)23-12-15-7-8-18-19(11-15)30-14-29-18/h3-8,11H,9-10,12-14H2,1-2H3,(H,23,31)(H,24,25,28). The number of para-hydroxylation sites is 1. The molecule has 0 saturated heterocycles. The molecule has 1 aliphatic heterocycles. The van der Waals surface area contributed by atoms with Gasteiger partial charge in [-0.2, -0.15) is 0 Å². The molecule has 0 unspecified atom stereocenters. The molecule has 162 valence electrons. The predicted molar refractivity (Wildman–Crippen MR) is 123 cm³/mol. The quantitative estimate of drug-likeness (QED) is 0.542. The number of likely N-dealkylation sites (N-methyl/N-ethyl adjacent to an activating group) is 1. The molecule has 1 aromatic heterocycles. The monoisotopic (exact) mass is 439 g/mol. The van der Waals surface area contributed by atoms with Crippen LogP contribution >= 0.6 is 12.2 Å². The van der Waals surface area contributed by atoms with Crippen LogP contribution in [0.4, 0.5) is 0 Å². The van der Waals surface area contributed by atoms with Crippen LogP contribution in [-0.4, -0.2) is 58.9 Å². The van der Waals surface area contributed by atoms with Gasteiger partial charge in [0.05, 0.1) is 17.4 Å². The summed E-state index contributed by atoms with van der Waals surface area (Å²) in [7, 11) is 4.02. The van der Waals surface area contributed by atoms with E-state index >= 15 is 0 Å². The third-order valence-electron chi connectivity index (χ3n) is 4.99. The third kappa shape index (κ3) is 5.12. The molecule has 0 saturated carbocycles. The van der Waals surface area contributed by atoms with E-state index in [0.717, 1.165) is 23.6 Å². The minimum absolute atomic E-state index is 0.146. The van der Waals surface area contributed by atoms with Gasteiger partial charge in [0.15, 0.2) is 16.6 Å². The van der Waals surface area contributed by atoms with Gasteiger partial charge >= 0.3 is 0 Å². The minimum Gasteiger partial charge on any atom is -0.454 e. The average Bonchev–Trinajstić information content (AvgIpc) is 3.23. The number of nitrogens with one attached hydrogen (secondary N) is 2. The molecule has 2 aromatic carbocycles. The topological polar surface area (TPSA) is 82.7 Å². The Hall–Kier alpha value is -3.17. The van der Waals surface area contributed by atoms with Gasteiger partial charge in [0, 0.05) is 19.6 Å². The molecule has 0 atom stereocenters. The van der Waals surface area contributed by atoms with E-state index in [1.165, 1.54) is 0 Å². The minimum atomic E-state index is -0.146. The van der Waals surface area contributed by atoms with Gasteiger partial charge in [0.2, 0.25) is 6.79 Å². The highest BCUT2D eigenvalue weighted by molar-refractivity contribution is 7.80. The second-order valence-corrected chi connectivity index (χ2v) is 7.99. The van der Waals surface area contributed by atoms with Crippen LogP contribution in [0.15, 0.2) is 47.3 Å². The smallest absolute Gasteiger partial charge is 0.258 e. The van der Waals surface area contributed by atoms with E-state index in [9.17, 15) is 4.79 Å². The zero-order valence-electron chi connectivity index (χ0n) is 17.6. The van der Waals surface area contributed by atoms with Crippen molar-refractivity contribution in [2.24, 2.45) is 0 Å². The van der Waals surface area contributed by atoms with E-state index in [1.807, 2.05) is 55.4 Å². The summed E-state index contributed by atoms with van der Waals surface area (Å²) in [5.41, 5.74) is 1.57. The number of ether oxygens (including phenoxy) is 2. The number of aromatic amines is 1. The van der Waals surface area contributed by atoms with Crippen molar-refractivity contribution in [1.82, 2.24) is 25.1 Å². The van der Waals surface area contributed by atoms with Crippen molar-refractivity contribution < 1.29 is 9.47 Å². The van der Waals surface area contributed by atoms with Crippen LogP contribution < -0.4 is 20.3 Å². The van der Waals surface area contributed by atoms with Crippen molar-refractivity contribution in [3.63, 3.8) is 0 Å². The highest BCUT2D eigenvalue weighted by atomic mass is 32.1. The second kappa shape index (κ2) is 9.32. The Labute approximate surface area is 185 Å². The van der Waals surface area contributed by atoms with E-state index in [1.54, 1.807) is 6.07 Å². The molecular weight excluding hydrogens is 414 g/mol. The van der Waals surface area contributed by atoms with Crippen molar-refractivity contribution in [3.8, 4) is 11.5 Å². The fourth-order valence-electron chi connectivity index (χ4n) is 3.30. The Morgan fingerprint density at radius 3 is 2.81 bits per heavy atom. The van der Waals surface area contributed by atoms with E-state index in [0.29, 0.717) is 41.5 Å². The van der Waals surface area contributed by atoms with E-state index in [4.69, 9.17) is 21.7 Å². The number of fused-ring (bicyclic) bond motifs is 2. The first kappa shape index (κ1) is 21.1. The van der Waals surface area contributed by atoms with Gasteiger partial charge in [-0.25, -0.2) is 4.98 Å². The van der Waals surface area contributed by atoms with Gasteiger partial charge in [0.1, 0.15) is 5.82 Å². The Kier molecular flexibility index (Phi) is 6.34. The number of H-pyrrole nitrogens is 1. The van der Waals surface area contributed by atoms with Crippen LogP contribution in [0.25, 0.3) is 10.9 Å². The molecule has 0 bridgehead atoms. The van der Waals surface area contributed by atoms with Gasteiger partial charge < -0.3 is 29.6 Å². The summed E-state index contributed by atoms with van der Waals surface area (Å²) in [6, 6.07) is 13.1. The van der Waals surface area contributed by atoms with Gasteiger partial charge in [-0.15, -0.1) is 0 Å². The first-order chi connectivity index (χ1) is 15.0.